The van der Waals surface area contributed by atoms with Crippen LogP contribution >= 0.6 is 0 Å². The minimum absolute atomic E-state index is 0.234. The molecule has 1 aromatic heterocycles. The van der Waals surface area contributed by atoms with Gasteiger partial charge < -0.3 is 19.2 Å². The molecule has 0 spiro atoms. The molecule has 0 fully saturated rings. The second-order valence-corrected chi connectivity index (χ2v) is 6.66. The van der Waals surface area contributed by atoms with E-state index in [1.807, 2.05) is 0 Å². The Hall–Kier alpha value is -3.88. The molecule has 0 atom stereocenters. The molecule has 1 heterocycles. The first kappa shape index (κ1) is 20.8. The van der Waals surface area contributed by atoms with E-state index in [1.165, 1.54) is 24.3 Å². The van der Waals surface area contributed by atoms with Crippen LogP contribution in [-0.4, -0.2) is 35.1 Å². The van der Waals surface area contributed by atoms with E-state index in [1.54, 1.807) is 38.1 Å². The predicted octanol–water partition coefficient (Wildman–Crippen LogP) is 2.34. The summed E-state index contributed by atoms with van der Waals surface area (Å²) in [6, 6.07) is 12.8. The highest BCUT2D eigenvalue weighted by atomic mass is 16.5. The van der Waals surface area contributed by atoms with E-state index in [9.17, 15) is 19.2 Å². The zero-order valence-corrected chi connectivity index (χ0v) is 16.4. The SMILES string of the molecule is CC(C)OC(=O)c1ccc(NC(=O)COC(=O)Cn2c(=O)oc3ccccc32)cc1. The van der Waals surface area contributed by atoms with E-state index in [0.29, 0.717) is 22.4 Å². The Morgan fingerprint density at radius 2 is 1.77 bits per heavy atom. The third-order valence-corrected chi connectivity index (χ3v) is 3.97. The molecule has 9 heteroatoms. The number of ether oxygens (including phenoxy) is 2. The summed E-state index contributed by atoms with van der Waals surface area (Å²) in [4.78, 5) is 47.7. The van der Waals surface area contributed by atoms with Gasteiger partial charge in [0.2, 0.25) is 0 Å². The summed E-state index contributed by atoms with van der Waals surface area (Å²) in [7, 11) is 0. The molecule has 0 aliphatic rings. The molecule has 3 aromatic rings. The maximum atomic E-state index is 12.0. The number of benzene rings is 2. The number of esters is 2. The fourth-order valence-corrected chi connectivity index (χ4v) is 2.65. The van der Waals surface area contributed by atoms with Gasteiger partial charge in [0.15, 0.2) is 12.2 Å². The van der Waals surface area contributed by atoms with E-state index in [4.69, 9.17) is 13.9 Å². The van der Waals surface area contributed by atoms with Crippen molar-refractivity contribution in [1.29, 1.82) is 0 Å². The van der Waals surface area contributed by atoms with Crippen molar-refractivity contribution in [2.24, 2.45) is 0 Å². The Bertz CT molecular complexity index is 1130. The number of carbonyl (C=O) groups excluding carboxylic acids is 3. The molecule has 0 saturated heterocycles. The highest BCUT2D eigenvalue weighted by Gasteiger charge is 2.15. The number of aromatic nitrogens is 1. The molecule has 0 aliphatic carbocycles. The van der Waals surface area contributed by atoms with Gasteiger partial charge in [-0.15, -0.1) is 0 Å². The lowest BCUT2D eigenvalue weighted by Gasteiger charge is -2.09. The van der Waals surface area contributed by atoms with Crippen molar-refractivity contribution in [3.8, 4) is 0 Å². The maximum Gasteiger partial charge on any atom is 0.420 e. The van der Waals surface area contributed by atoms with Gasteiger partial charge in [0.1, 0.15) is 6.54 Å². The highest BCUT2D eigenvalue weighted by molar-refractivity contribution is 5.94. The topological polar surface area (TPSA) is 117 Å². The molecule has 1 amide bonds. The van der Waals surface area contributed by atoms with Gasteiger partial charge in [0.25, 0.3) is 5.91 Å². The van der Waals surface area contributed by atoms with Crippen molar-refractivity contribution in [3.05, 3.63) is 64.6 Å². The van der Waals surface area contributed by atoms with E-state index in [2.05, 4.69) is 5.32 Å². The quantitative estimate of drug-likeness (QED) is 0.592. The molecule has 0 saturated carbocycles. The van der Waals surface area contributed by atoms with Crippen molar-refractivity contribution in [1.82, 2.24) is 4.57 Å². The van der Waals surface area contributed by atoms with Crippen LogP contribution in [0.25, 0.3) is 11.1 Å². The van der Waals surface area contributed by atoms with Crippen molar-refractivity contribution < 1.29 is 28.3 Å². The fourth-order valence-electron chi connectivity index (χ4n) is 2.65. The first-order chi connectivity index (χ1) is 14.3. The number of hydrogen-bond acceptors (Lipinski definition) is 7. The Balaban J connectivity index is 1.52. The van der Waals surface area contributed by atoms with Gasteiger partial charge in [-0.3, -0.25) is 14.2 Å². The summed E-state index contributed by atoms with van der Waals surface area (Å²) in [6.07, 6.45) is -0.234. The molecular weight excluding hydrogens is 392 g/mol. The number of fused-ring (bicyclic) bond motifs is 1. The molecule has 30 heavy (non-hydrogen) atoms. The number of rotatable bonds is 7. The number of nitrogens with zero attached hydrogens (tertiary/aromatic N) is 1. The van der Waals surface area contributed by atoms with E-state index in [0.717, 1.165) is 4.57 Å². The van der Waals surface area contributed by atoms with Crippen LogP contribution in [0.4, 0.5) is 5.69 Å². The smallest absolute Gasteiger partial charge is 0.420 e. The van der Waals surface area contributed by atoms with Gasteiger partial charge >= 0.3 is 17.7 Å². The number of para-hydroxylation sites is 2. The lowest BCUT2D eigenvalue weighted by atomic mass is 10.2. The minimum atomic E-state index is -0.759. The summed E-state index contributed by atoms with van der Waals surface area (Å²) in [6.45, 7) is 2.59. The van der Waals surface area contributed by atoms with Gasteiger partial charge in [0.05, 0.1) is 17.2 Å². The second-order valence-electron chi connectivity index (χ2n) is 6.66. The molecule has 0 bridgehead atoms. The standard InChI is InChI=1S/C21H20N2O7/c1-13(2)29-20(26)14-7-9-15(10-8-14)22-18(24)12-28-19(25)11-23-16-5-3-4-6-17(16)30-21(23)27/h3-10,13H,11-12H2,1-2H3,(H,22,24). The Labute approximate surface area is 171 Å². The van der Waals surface area contributed by atoms with E-state index < -0.39 is 30.2 Å². The Morgan fingerprint density at radius 3 is 2.47 bits per heavy atom. The largest absolute Gasteiger partial charge is 0.459 e. The normalized spacial score (nSPS) is 10.8. The molecule has 9 nitrogen and oxygen atoms in total. The minimum Gasteiger partial charge on any atom is -0.459 e. The Morgan fingerprint density at radius 1 is 1.07 bits per heavy atom. The molecule has 0 radical (unpaired) electrons. The number of nitrogens with one attached hydrogen (secondary N) is 1. The van der Waals surface area contributed by atoms with Gasteiger partial charge in [-0.25, -0.2) is 9.59 Å². The predicted molar refractivity (Wildman–Crippen MR) is 107 cm³/mol. The molecule has 2 aromatic carbocycles. The average Bonchev–Trinajstić information content (AvgIpc) is 3.01. The van der Waals surface area contributed by atoms with E-state index >= 15 is 0 Å². The van der Waals surface area contributed by atoms with Gasteiger partial charge in [-0.2, -0.15) is 0 Å². The van der Waals surface area contributed by atoms with Crippen LogP contribution in [0.15, 0.2) is 57.7 Å². The molecular formula is C21H20N2O7. The maximum absolute atomic E-state index is 12.0. The number of hydrogen-bond donors (Lipinski definition) is 1. The summed E-state index contributed by atoms with van der Waals surface area (Å²) >= 11 is 0. The molecule has 1 N–H and O–H groups in total. The number of anilines is 1. The van der Waals surface area contributed by atoms with Crippen LogP contribution in [0, 0.1) is 0 Å². The van der Waals surface area contributed by atoms with E-state index in [-0.39, 0.29) is 12.6 Å². The first-order valence-electron chi connectivity index (χ1n) is 9.18. The Kier molecular flexibility index (Phi) is 6.31. The third kappa shape index (κ3) is 5.13. The summed E-state index contributed by atoms with van der Waals surface area (Å²) in [5, 5.41) is 2.55. The fraction of sp³-hybridized carbons (Fsp3) is 0.238. The molecule has 156 valence electrons. The number of oxazole rings is 1. The average molecular weight is 412 g/mol. The highest BCUT2D eigenvalue weighted by Crippen LogP contribution is 2.13. The van der Waals surface area contributed by atoms with Crippen LogP contribution in [0.2, 0.25) is 0 Å². The van der Waals surface area contributed by atoms with Gasteiger partial charge in [-0.05, 0) is 50.2 Å². The molecule has 0 unspecified atom stereocenters. The monoisotopic (exact) mass is 412 g/mol. The number of amides is 1. The van der Waals surface area contributed by atoms with Crippen molar-refractivity contribution in [2.45, 2.75) is 26.5 Å². The van der Waals surface area contributed by atoms with Gasteiger partial charge in [-0.1, -0.05) is 12.1 Å². The number of carbonyl (C=O) groups is 3. The zero-order chi connectivity index (χ0) is 21.7. The van der Waals surface area contributed by atoms with Crippen LogP contribution in [-0.2, 0) is 25.6 Å². The van der Waals surface area contributed by atoms with Crippen molar-refractivity contribution in [2.75, 3.05) is 11.9 Å². The van der Waals surface area contributed by atoms with Crippen LogP contribution in [0.1, 0.15) is 24.2 Å². The lowest BCUT2D eigenvalue weighted by Crippen LogP contribution is -2.25. The van der Waals surface area contributed by atoms with Gasteiger partial charge in [0, 0.05) is 5.69 Å². The van der Waals surface area contributed by atoms with Crippen molar-refractivity contribution >= 4 is 34.6 Å². The first-order valence-corrected chi connectivity index (χ1v) is 9.18. The second kappa shape index (κ2) is 9.08. The summed E-state index contributed by atoms with van der Waals surface area (Å²) in [5.41, 5.74) is 1.59. The lowest BCUT2D eigenvalue weighted by molar-refractivity contribution is -0.147. The molecule has 0 aliphatic heterocycles. The van der Waals surface area contributed by atoms with Crippen LogP contribution in [0.5, 0.6) is 0 Å². The van der Waals surface area contributed by atoms with Crippen molar-refractivity contribution in [3.63, 3.8) is 0 Å². The summed E-state index contributed by atoms with van der Waals surface area (Å²) in [5.74, 6) is -2.47. The van der Waals surface area contributed by atoms with Crippen LogP contribution < -0.4 is 11.1 Å². The summed E-state index contributed by atoms with van der Waals surface area (Å²) < 4.78 is 16.2. The van der Waals surface area contributed by atoms with Crippen LogP contribution in [0.3, 0.4) is 0 Å². The zero-order valence-electron chi connectivity index (χ0n) is 16.4. The third-order valence-electron chi connectivity index (χ3n) is 3.97. The molecule has 3 rings (SSSR count).